The SMILES string of the molecule is CC.CC(C)(C)c1cccn1C(C)(C)C. The summed E-state index contributed by atoms with van der Waals surface area (Å²) in [4.78, 5) is 0. The van der Waals surface area contributed by atoms with E-state index in [1.165, 1.54) is 5.69 Å². The third-order valence-electron chi connectivity index (χ3n) is 2.24. The molecule has 0 aliphatic heterocycles. The summed E-state index contributed by atoms with van der Waals surface area (Å²) in [6, 6.07) is 4.34. The molecule has 0 atom stereocenters. The molecule has 0 aromatic carbocycles. The van der Waals surface area contributed by atoms with Crippen molar-refractivity contribution in [2.45, 2.75) is 66.3 Å². The zero-order chi connectivity index (χ0) is 12.3. The van der Waals surface area contributed by atoms with Crippen LogP contribution < -0.4 is 0 Å². The monoisotopic (exact) mass is 209 g/mol. The summed E-state index contributed by atoms with van der Waals surface area (Å²) in [7, 11) is 0. The van der Waals surface area contributed by atoms with Gasteiger partial charge in [-0.25, -0.2) is 0 Å². The van der Waals surface area contributed by atoms with Crippen LogP contribution in [0.15, 0.2) is 18.3 Å². The number of hydrogen-bond donors (Lipinski definition) is 0. The fourth-order valence-electron chi connectivity index (χ4n) is 1.58. The van der Waals surface area contributed by atoms with Crippen LogP contribution >= 0.6 is 0 Å². The van der Waals surface area contributed by atoms with Crippen LogP contribution in [0.5, 0.6) is 0 Å². The Bertz CT molecular complexity index is 253. The van der Waals surface area contributed by atoms with Crippen molar-refractivity contribution in [1.82, 2.24) is 4.57 Å². The molecule has 0 aliphatic carbocycles. The third kappa shape index (κ3) is 3.73. The molecule has 0 spiro atoms. The lowest BCUT2D eigenvalue weighted by molar-refractivity contribution is 0.361. The van der Waals surface area contributed by atoms with Gasteiger partial charge in [-0.05, 0) is 32.9 Å². The molecule has 0 fully saturated rings. The number of hydrogen-bond acceptors (Lipinski definition) is 0. The smallest absolute Gasteiger partial charge is 0.0358 e. The lowest BCUT2D eigenvalue weighted by atomic mass is 9.91. The minimum absolute atomic E-state index is 0.187. The highest BCUT2D eigenvalue weighted by Gasteiger charge is 2.23. The highest BCUT2D eigenvalue weighted by Crippen LogP contribution is 2.27. The van der Waals surface area contributed by atoms with Gasteiger partial charge in [-0.1, -0.05) is 34.6 Å². The average Bonchev–Trinajstić information content (AvgIpc) is 2.53. The Labute approximate surface area is 95.5 Å². The summed E-state index contributed by atoms with van der Waals surface area (Å²) in [6.45, 7) is 17.5. The molecular formula is C14H27N. The molecule has 1 nitrogen and oxygen atoms in total. The topological polar surface area (TPSA) is 4.93 Å². The van der Waals surface area contributed by atoms with Crippen molar-refractivity contribution in [2.24, 2.45) is 0 Å². The molecule has 0 N–H and O–H groups in total. The molecule has 0 aliphatic rings. The van der Waals surface area contributed by atoms with Gasteiger partial charge < -0.3 is 4.57 Å². The van der Waals surface area contributed by atoms with Crippen molar-refractivity contribution in [3.8, 4) is 0 Å². The van der Waals surface area contributed by atoms with Crippen LogP contribution in [0.4, 0.5) is 0 Å². The first-order valence-corrected chi connectivity index (χ1v) is 5.91. The van der Waals surface area contributed by atoms with Gasteiger partial charge in [0, 0.05) is 22.8 Å². The van der Waals surface area contributed by atoms with Crippen LogP contribution in [0.1, 0.15) is 61.1 Å². The van der Waals surface area contributed by atoms with Crippen molar-refractivity contribution in [2.75, 3.05) is 0 Å². The van der Waals surface area contributed by atoms with Gasteiger partial charge in [-0.3, -0.25) is 0 Å². The molecule has 0 saturated carbocycles. The first-order valence-electron chi connectivity index (χ1n) is 5.91. The van der Waals surface area contributed by atoms with Crippen LogP contribution in [-0.4, -0.2) is 4.57 Å². The van der Waals surface area contributed by atoms with Gasteiger partial charge in [-0.15, -0.1) is 0 Å². The molecule has 1 heterocycles. The van der Waals surface area contributed by atoms with E-state index < -0.39 is 0 Å². The summed E-state index contributed by atoms with van der Waals surface area (Å²) in [5.41, 5.74) is 1.82. The first kappa shape index (κ1) is 14.3. The maximum absolute atomic E-state index is 2.35. The number of rotatable bonds is 0. The summed E-state index contributed by atoms with van der Waals surface area (Å²) in [5.74, 6) is 0. The van der Waals surface area contributed by atoms with E-state index in [2.05, 4.69) is 64.4 Å². The van der Waals surface area contributed by atoms with Crippen molar-refractivity contribution >= 4 is 0 Å². The molecule has 1 rings (SSSR count). The second kappa shape index (κ2) is 4.87. The molecule has 0 bridgehead atoms. The minimum atomic E-state index is 0.187. The second-order valence-electron chi connectivity index (χ2n) is 5.68. The summed E-state index contributed by atoms with van der Waals surface area (Å²) >= 11 is 0. The van der Waals surface area contributed by atoms with E-state index in [4.69, 9.17) is 0 Å². The van der Waals surface area contributed by atoms with Gasteiger partial charge in [-0.2, -0.15) is 0 Å². The Morgan fingerprint density at radius 2 is 1.40 bits per heavy atom. The lowest BCUT2D eigenvalue weighted by Gasteiger charge is -2.30. The zero-order valence-electron chi connectivity index (χ0n) is 11.7. The predicted molar refractivity (Wildman–Crippen MR) is 69.5 cm³/mol. The summed E-state index contributed by atoms with van der Waals surface area (Å²) < 4.78 is 2.35. The first-order chi connectivity index (χ1) is 6.73. The maximum Gasteiger partial charge on any atom is 0.0358 e. The maximum atomic E-state index is 2.35. The highest BCUT2D eigenvalue weighted by molar-refractivity contribution is 5.18. The predicted octanol–water partition coefficient (Wildman–Crippen LogP) is 4.57. The van der Waals surface area contributed by atoms with Crippen LogP contribution in [0.2, 0.25) is 0 Å². The van der Waals surface area contributed by atoms with Gasteiger partial charge in [0.1, 0.15) is 0 Å². The van der Waals surface area contributed by atoms with Crippen LogP contribution in [-0.2, 0) is 11.0 Å². The van der Waals surface area contributed by atoms with Crippen molar-refractivity contribution in [3.05, 3.63) is 24.0 Å². The van der Waals surface area contributed by atoms with Gasteiger partial charge >= 0.3 is 0 Å². The van der Waals surface area contributed by atoms with Crippen LogP contribution in [0.25, 0.3) is 0 Å². The fraction of sp³-hybridized carbons (Fsp3) is 0.714. The zero-order valence-corrected chi connectivity index (χ0v) is 11.7. The molecular weight excluding hydrogens is 182 g/mol. The molecule has 88 valence electrons. The van der Waals surface area contributed by atoms with Crippen LogP contribution in [0, 0.1) is 0 Å². The number of aromatic nitrogens is 1. The van der Waals surface area contributed by atoms with Gasteiger partial charge in [0.15, 0.2) is 0 Å². The molecule has 0 unspecified atom stereocenters. The van der Waals surface area contributed by atoms with E-state index in [1.54, 1.807) is 0 Å². The molecule has 0 saturated heterocycles. The van der Waals surface area contributed by atoms with E-state index in [0.29, 0.717) is 0 Å². The molecule has 15 heavy (non-hydrogen) atoms. The average molecular weight is 209 g/mol. The van der Waals surface area contributed by atoms with E-state index in [1.807, 2.05) is 13.8 Å². The van der Waals surface area contributed by atoms with E-state index in [0.717, 1.165) is 0 Å². The molecule has 0 amide bonds. The van der Waals surface area contributed by atoms with Gasteiger partial charge in [0.25, 0.3) is 0 Å². The molecule has 1 aromatic rings. The van der Waals surface area contributed by atoms with Gasteiger partial charge in [0.2, 0.25) is 0 Å². The standard InChI is InChI=1S/C12H21N.C2H6/c1-11(2,3)10-8-7-9-13(10)12(4,5)6;1-2/h7-9H,1-6H3;1-2H3. The molecule has 1 heteroatoms. The Balaban J connectivity index is 0.000000921. The molecule has 1 aromatic heterocycles. The fourth-order valence-corrected chi connectivity index (χ4v) is 1.58. The highest BCUT2D eigenvalue weighted by atomic mass is 15.0. The van der Waals surface area contributed by atoms with Crippen molar-refractivity contribution in [1.29, 1.82) is 0 Å². The van der Waals surface area contributed by atoms with E-state index in [-0.39, 0.29) is 11.0 Å². The van der Waals surface area contributed by atoms with Crippen LogP contribution in [0.3, 0.4) is 0 Å². The minimum Gasteiger partial charge on any atom is -0.346 e. The Hall–Kier alpha value is -0.720. The van der Waals surface area contributed by atoms with Gasteiger partial charge in [0.05, 0.1) is 0 Å². The van der Waals surface area contributed by atoms with Crippen molar-refractivity contribution in [3.63, 3.8) is 0 Å². The quantitative estimate of drug-likeness (QED) is 0.590. The van der Waals surface area contributed by atoms with E-state index >= 15 is 0 Å². The Morgan fingerprint density at radius 3 is 1.67 bits per heavy atom. The normalized spacial score (nSPS) is 12.0. The number of nitrogens with zero attached hydrogens (tertiary/aromatic N) is 1. The second-order valence-corrected chi connectivity index (χ2v) is 5.68. The lowest BCUT2D eigenvalue weighted by Crippen LogP contribution is -2.28. The summed E-state index contributed by atoms with van der Waals surface area (Å²) in [6.07, 6.45) is 2.17. The van der Waals surface area contributed by atoms with E-state index in [9.17, 15) is 0 Å². The molecule has 0 radical (unpaired) electrons. The third-order valence-corrected chi connectivity index (χ3v) is 2.24. The van der Waals surface area contributed by atoms with Crippen molar-refractivity contribution < 1.29 is 0 Å². The summed E-state index contributed by atoms with van der Waals surface area (Å²) in [5, 5.41) is 0. The largest absolute Gasteiger partial charge is 0.346 e. The Morgan fingerprint density at radius 1 is 0.933 bits per heavy atom. The Kier molecular flexibility index (Phi) is 4.64.